The standard InChI is InChI=1S/C16H29N3O5/c1-3-5-10-24-16(22)19-9-8-18-13(11-19)15(21)12(17)6-7-14(20)23-4-2/h12-13,18H,3-11,17H2,1-2H3/t12-,13?/m0/s1. The van der Waals surface area contributed by atoms with Crippen molar-refractivity contribution in [1.29, 1.82) is 0 Å². The zero-order valence-electron chi connectivity index (χ0n) is 14.6. The van der Waals surface area contributed by atoms with Crippen LogP contribution in [0.15, 0.2) is 0 Å². The van der Waals surface area contributed by atoms with Crippen molar-refractivity contribution in [3.63, 3.8) is 0 Å². The van der Waals surface area contributed by atoms with Crippen molar-refractivity contribution in [2.24, 2.45) is 5.73 Å². The Labute approximate surface area is 143 Å². The Kier molecular flexibility index (Phi) is 9.33. The lowest BCUT2D eigenvalue weighted by Gasteiger charge is -2.33. The van der Waals surface area contributed by atoms with Crippen molar-refractivity contribution in [3.8, 4) is 0 Å². The first-order valence-electron chi connectivity index (χ1n) is 8.59. The predicted molar refractivity (Wildman–Crippen MR) is 88.5 cm³/mol. The van der Waals surface area contributed by atoms with Crippen molar-refractivity contribution in [2.45, 2.75) is 51.6 Å². The summed E-state index contributed by atoms with van der Waals surface area (Å²) in [5, 5.41) is 3.07. The quantitative estimate of drug-likeness (QED) is 0.461. The predicted octanol–water partition coefficient (Wildman–Crippen LogP) is 0.437. The number of hydrogen-bond acceptors (Lipinski definition) is 7. The summed E-state index contributed by atoms with van der Waals surface area (Å²) >= 11 is 0. The number of carbonyl (C=O) groups is 3. The van der Waals surface area contributed by atoms with Crippen LogP contribution in [0.5, 0.6) is 0 Å². The molecule has 1 unspecified atom stereocenters. The molecule has 138 valence electrons. The number of nitrogens with zero attached hydrogens (tertiary/aromatic N) is 1. The van der Waals surface area contributed by atoms with Crippen molar-refractivity contribution in [1.82, 2.24) is 10.2 Å². The fourth-order valence-electron chi connectivity index (χ4n) is 2.41. The van der Waals surface area contributed by atoms with Crippen LogP contribution in [0.3, 0.4) is 0 Å². The van der Waals surface area contributed by atoms with Crippen LogP contribution in [-0.4, -0.2) is 67.7 Å². The molecular formula is C16H29N3O5. The minimum absolute atomic E-state index is 0.107. The van der Waals surface area contributed by atoms with Crippen LogP contribution in [-0.2, 0) is 19.1 Å². The fraction of sp³-hybridized carbons (Fsp3) is 0.812. The topological polar surface area (TPSA) is 111 Å². The summed E-state index contributed by atoms with van der Waals surface area (Å²) in [7, 11) is 0. The molecule has 1 saturated heterocycles. The molecule has 1 aliphatic rings. The minimum atomic E-state index is -0.761. The molecule has 8 heteroatoms. The maximum Gasteiger partial charge on any atom is 0.409 e. The van der Waals surface area contributed by atoms with Gasteiger partial charge in [0.25, 0.3) is 0 Å². The molecule has 1 amide bonds. The molecule has 1 fully saturated rings. The van der Waals surface area contributed by atoms with Gasteiger partial charge in [0.05, 0.1) is 25.3 Å². The number of piperazine rings is 1. The summed E-state index contributed by atoms with van der Waals surface area (Å²) in [6.45, 7) is 5.67. The van der Waals surface area contributed by atoms with E-state index in [2.05, 4.69) is 5.32 Å². The molecule has 0 aliphatic carbocycles. The number of hydrogen-bond donors (Lipinski definition) is 2. The van der Waals surface area contributed by atoms with Crippen LogP contribution in [0, 0.1) is 0 Å². The van der Waals surface area contributed by atoms with Gasteiger partial charge >= 0.3 is 12.1 Å². The van der Waals surface area contributed by atoms with E-state index >= 15 is 0 Å². The van der Waals surface area contributed by atoms with Crippen molar-refractivity contribution in [3.05, 3.63) is 0 Å². The third-order valence-corrected chi connectivity index (χ3v) is 3.83. The molecule has 1 aliphatic heterocycles. The molecule has 1 heterocycles. The van der Waals surface area contributed by atoms with E-state index in [-0.39, 0.29) is 31.1 Å². The first-order valence-corrected chi connectivity index (χ1v) is 8.59. The number of nitrogens with one attached hydrogen (secondary N) is 1. The van der Waals surface area contributed by atoms with Gasteiger partial charge in [-0.2, -0.15) is 0 Å². The summed E-state index contributed by atoms with van der Waals surface area (Å²) in [6, 6.07) is -1.29. The van der Waals surface area contributed by atoms with Gasteiger partial charge in [0.15, 0.2) is 5.78 Å². The molecule has 0 spiro atoms. The number of ether oxygens (including phenoxy) is 2. The maximum atomic E-state index is 12.4. The highest BCUT2D eigenvalue weighted by Gasteiger charge is 2.31. The average Bonchev–Trinajstić information content (AvgIpc) is 2.59. The summed E-state index contributed by atoms with van der Waals surface area (Å²) in [6.07, 6.45) is 1.71. The van der Waals surface area contributed by atoms with Crippen molar-refractivity contribution in [2.75, 3.05) is 32.8 Å². The highest BCUT2D eigenvalue weighted by molar-refractivity contribution is 5.90. The monoisotopic (exact) mass is 343 g/mol. The van der Waals surface area contributed by atoms with Crippen LogP contribution in [0.1, 0.15) is 39.5 Å². The highest BCUT2D eigenvalue weighted by Crippen LogP contribution is 2.08. The smallest absolute Gasteiger partial charge is 0.409 e. The lowest BCUT2D eigenvalue weighted by Crippen LogP contribution is -2.58. The molecule has 3 N–H and O–H groups in total. The van der Waals surface area contributed by atoms with Gasteiger partial charge in [0, 0.05) is 26.1 Å². The number of ketones is 1. The molecule has 8 nitrogen and oxygen atoms in total. The normalized spacial score (nSPS) is 18.8. The third-order valence-electron chi connectivity index (χ3n) is 3.83. The van der Waals surface area contributed by atoms with E-state index < -0.39 is 18.2 Å². The number of rotatable bonds is 9. The average molecular weight is 343 g/mol. The van der Waals surface area contributed by atoms with Crippen LogP contribution in [0.25, 0.3) is 0 Å². The Bertz CT molecular complexity index is 430. The number of unbranched alkanes of at least 4 members (excludes halogenated alkanes) is 1. The Hall–Kier alpha value is -1.67. The van der Waals surface area contributed by atoms with Gasteiger partial charge in [-0.1, -0.05) is 13.3 Å². The van der Waals surface area contributed by atoms with E-state index in [1.165, 1.54) is 4.90 Å². The number of esters is 1. The van der Waals surface area contributed by atoms with Gasteiger partial charge in [0.1, 0.15) is 0 Å². The number of carbonyl (C=O) groups excluding carboxylic acids is 3. The van der Waals surface area contributed by atoms with E-state index in [1.54, 1.807) is 6.92 Å². The molecule has 0 bridgehead atoms. The van der Waals surface area contributed by atoms with Gasteiger partial charge in [-0.3, -0.25) is 9.59 Å². The zero-order valence-corrected chi connectivity index (χ0v) is 14.6. The second kappa shape index (κ2) is 11.0. The van der Waals surface area contributed by atoms with E-state index in [0.717, 1.165) is 12.8 Å². The van der Waals surface area contributed by atoms with Gasteiger partial charge in [0.2, 0.25) is 0 Å². The van der Waals surface area contributed by atoms with Crippen LogP contribution in [0.4, 0.5) is 4.79 Å². The van der Waals surface area contributed by atoms with Crippen LogP contribution in [0.2, 0.25) is 0 Å². The van der Waals surface area contributed by atoms with E-state index in [4.69, 9.17) is 15.2 Å². The van der Waals surface area contributed by atoms with E-state index in [1.807, 2.05) is 6.92 Å². The second-order valence-corrected chi connectivity index (χ2v) is 5.77. The first-order chi connectivity index (χ1) is 11.5. The van der Waals surface area contributed by atoms with Gasteiger partial charge in [-0.05, 0) is 19.8 Å². The van der Waals surface area contributed by atoms with Crippen molar-refractivity contribution >= 4 is 17.8 Å². The summed E-state index contributed by atoms with van der Waals surface area (Å²) in [5.74, 6) is -0.566. The van der Waals surface area contributed by atoms with Gasteiger partial charge in [-0.15, -0.1) is 0 Å². The molecule has 0 radical (unpaired) electrons. The van der Waals surface area contributed by atoms with Crippen LogP contribution >= 0.6 is 0 Å². The van der Waals surface area contributed by atoms with Crippen molar-refractivity contribution < 1.29 is 23.9 Å². The molecular weight excluding hydrogens is 314 g/mol. The van der Waals surface area contributed by atoms with E-state index in [0.29, 0.717) is 26.3 Å². The summed E-state index contributed by atoms with van der Waals surface area (Å²) in [5.41, 5.74) is 5.88. The second-order valence-electron chi connectivity index (χ2n) is 5.77. The first kappa shape index (κ1) is 20.4. The Morgan fingerprint density at radius 1 is 1.29 bits per heavy atom. The molecule has 0 aromatic rings. The number of nitrogens with two attached hydrogens (primary N) is 1. The SMILES string of the molecule is CCCCOC(=O)N1CCNC(C(=O)[C@@H](N)CCC(=O)OCC)C1. The summed E-state index contributed by atoms with van der Waals surface area (Å²) < 4.78 is 9.99. The Morgan fingerprint density at radius 2 is 2.04 bits per heavy atom. The molecule has 0 aromatic heterocycles. The number of Topliss-reactive ketones (excluding diaryl/α,β-unsaturated/α-hetero) is 1. The Morgan fingerprint density at radius 3 is 2.71 bits per heavy atom. The van der Waals surface area contributed by atoms with Gasteiger partial charge in [-0.25, -0.2) is 4.79 Å². The minimum Gasteiger partial charge on any atom is -0.466 e. The lowest BCUT2D eigenvalue weighted by atomic mass is 10.00. The lowest BCUT2D eigenvalue weighted by molar-refractivity contribution is -0.143. The third kappa shape index (κ3) is 6.84. The molecule has 0 saturated carbocycles. The van der Waals surface area contributed by atoms with Crippen LogP contribution < -0.4 is 11.1 Å². The highest BCUT2D eigenvalue weighted by atomic mass is 16.6. The molecule has 2 atom stereocenters. The molecule has 1 rings (SSSR count). The number of amides is 1. The fourth-order valence-corrected chi connectivity index (χ4v) is 2.41. The summed E-state index contributed by atoms with van der Waals surface area (Å²) in [4.78, 5) is 37.2. The largest absolute Gasteiger partial charge is 0.466 e. The Balaban J connectivity index is 2.43. The van der Waals surface area contributed by atoms with E-state index in [9.17, 15) is 14.4 Å². The molecule has 24 heavy (non-hydrogen) atoms. The van der Waals surface area contributed by atoms with Gasteiger partial charge < -0.3 is 25.4 Å². The zero-order chi connectivity index (χ0) is 17.9. The maximum absolute atomic E-state index is 12.4. The molecule has 0 aromatic carbocycles.